The second-order valence-electron chi connectivity index (χ2n) is 6.34. The average molecular weight is 461 g/mol. The standard InChI is InChI=1S/C21H20N2O6S2/c1-13(11-28-2)14-4-6-15(7-5-14)20-22-19(12-30-20)23(31(26)27)17-9-8-16(21(24)25)10-18(17)29-3/h4-10,12H,1,11H2,2-3H3,(H,24,25)(H,26,27). The normalized spacial score (nSPS) is 11.7. The van der Waals surface area contributed by atoms with Gasteiger partial charge in [0, 0.05) is 18.1 Å². The van der Waals surface area contributed by atoms with Crippen LogP contribution in [0.4, 0.5) is 11.5 Å². The number of anilines is 2. The van der Waals surface area contributed by atoms with Crippen LogP contribution in [0.25, 0.3) is 16.1 Å². The molecule has 8 nitrogen and oxygen atoms in total. The molecule has 3 aromatic rings. The van der Waals surface area contributed by atoms with Crippen LogP contribution in [-0.4, -0.2) is 45.6 Å². The molecule has 10 heteroatoms. The summed E-state index contributed by atoms with van der Waals surface area (Å²) in [6.45, 7) is 4.41. The minimum atomic E-state index is -2.47. The highest BCUT2D eigenvalue weighted by atomic mass is 32.2. The van der Waals surface area contributed by atoms with Gasteiger partial charge in [0.15, 0.2) is 5.82 Å². The lowest BCUT2D eigenvalue weighted by Crippen LogP contribution is -2.20. The van der Waals surface area contributed by atoms with Crippen LogP contribution in [0, 0.1) is 0 Å². The largest absolute Gasteiger partial charge is 0.495 e. The Labute approximate surface area is 185 Å². The third-order valence-electron chi connectivity index (χ3n) is 4.36. The van der Waals surface area contributed by atoms with Crippen LogP contribution in [0.15, 0.2) is 54.4 Å². The van der Waals surface area contributed by atoms with Crippen molar-refractivity contribution in [1.29, 1.82) is 0 Å². The van der Waals surface area contributed by atoms with Crippen LogP contribution >= 0.6 is 11.3 Å². The Morgan fingerprint density at radius 2 is 1.87 bits per heavy atom. The Morgan fingerprint density at radius 1 is 1.19 bits per heavy atom. The van der Waals surface area contributed by atoms with Crippen LogP contribution in [0.3, 0.4) is 0 Å². The number of aromatic carboxylic acids is 1. The number of methoxy groups -OCH3 is 2. The van der Waals surface area contributed by atoms with Crippen molar-refractivity contribution in [2.24, 2.45) is 0 Å². The van der Waals surface area contributed by atoms with E-state index >= 15 is 0 Å². The summed E-state index contributed by atoms with van der Waals surface area (Å²) in [4.78, 5) is 15.7. The van der Waals surface area contributed by atoms with Crippen molar-refractivity contribution >= 4 is 45.7 Å². The molecule has 1 heterocycles. The number of hydrogen-bond acceptors (Lipinski definition) is 6. The molecule has 2 aromatic carbocycles. The zero-order valence-electron chi connectivity index (χ0n) is 16.8. The van der Waals surface area contributed by atoms with Crippen LogP contribution in [0.5, 0.6) is 5.75 Å². The highest BCUT2D eigenvalue weighted by Gasteiger charge is 2.23. The molecule has 0 fully saturated rings. The molecule has 162 valence electrons. The third-order valence-corrected chi connectivity index (χ3v) is 5.94. The smallest absolute Gasteiger partial charge is 0.335 e. The Hall–Kier alpha value is -3.05. The number of carboxylic acids is 1. The summed E-state index contributed by atoms with van der Waals surface area (Å²) in [5.41, 5.74) is 2.85. The van der Waals surface area contributed by atoms with Gasteiger partial charge in [0.05, 0.1) is 19.3 Å². The quantitative estimate of drug-likeness (QED) is 0.454. The SMILES string of the molecule is C=C(COC)c1ccc(-c2nc(N(c3ccc(C(=O)O)cc3OC)S(=O)O)cs2)cc1. The van der Waals surface area contributed by atoms with Crippen LogP contribution in [0.2, 0.25) is 0 Å². The van der Waals surface area contributed by atoms with Crippen molar-refractivity contribution < 1.29 is 28.1 Å². The maximum absolute atomic E-state index is 12.1. The Bertz CT molecular complexity index is 1130. The zero-order valence-corrected chi connectivity index (χ0v) is 18.4. The van der Waals surface area contributed by atoms with E-state index < -0.39 is 17.2 Å². The fraction of sp³-hybridized carbons (Fsp3) is 0.143. The predicted octanol–water partition coefficient (Wildman–Crippen LogP) is 4.45. The molecule has 1 aromatic heterocycles. The van der Waals surface area contributed by atoms with Gasteiger partial charge < -0.3 is 14.6 Å². The monoisotopic (exact) mass is 460 g/mol. The van der Waals surface area contributed by atoms with E-state index in [-0.39, 0.29) is 22.8 Å². The topological polar surface area (TPSA) is 109 Å². The van der Waals surface area contributed by atoms with Gasteiger partial charge >= 0.3 is 5.97 Å². The van der Waals surface area contributed by atoms with Crippen molar-refractivity contribution in [2.75, 3.05) is 25.1 Å². The maximum atomic E-state index is 12.1. The van der Waals surface area contributed by atoms with Gasteiger partial charge in [0.2, 0.25) is 0 Å². The third kappa shape index (κ3) is 5.00. The first-order chi connectivity index (χ1) is 14.8. The molecule has 0 radical (unpaired) electrons. The molecular formula is C21H20N2O6S2. The first kappa shape index (κ1) is 22.6. The van der Waals surface area contributed by atoms with Crippen molar-refractivity contribution in [3.8, 4) is 16.3 Å². The van der Waals surface area contributed by atoms with Crippen molar-refractivity contribution in [1.82, 2.24) is 4.98 Å². The predicted molar refractivity (Wildman–Crippen MR) is 121 cm³/mol. The van der Waals surface area contributed by atoms with E-state index in [9.17, 15) is 18.7 Å². The minimum Gasteiger partial charge on any atom is -0.495 e. The number of thiazole rings is 1. The number of benzene rings is 2. The molecule has 0 aliphatic heterocycles. The lowest BCUT2D eigenvalue weighted by Gasteiger charge is -2.20. The summed E-state index contributed by atoms with van der Waals surface area (Å²) in [6, 6.07) is 11.6. The maximum Gasteiger partial charge on any atom is 0.335 e. The van der Waals surface area contributed by atoms with E-state index in [2.05, 4.69) is 11.6 Å². The van der Waals surface area contributed by atoms with Gasteiger partial charge in [0.25, 0.3) is 11.3 Å². The summed E-state index contributed by atoms with van der Waals surface area (Å²) in [7, 11) is 2.96. The summed E-state index contributed by atoms with van der Waals surface area (Å²) < 4.78 is 33.4. The van der Waals surface area contributed by atoms with Gasteiger partial charge in [0.1, 0.15) is 16.4 Å². The molecule has 1 atom stereocenters. The number of rotatable bonds is 9. The fourth-order valence-electron chi connectivity index (χ4n) is 2.86. The molecule has 0 saturated carbocycles. The van der Waals surface area contributed by atoms with Crippen LogP contribution < -0.4 is 9.04 Å². The minimum absolute atomic E-state index is 0.00149. The van der Waals surface area contributed by atoms with Gasteiger partial charge in [-0.3, -0.25) is 4.55 Å². The van der Waals surface area contributed by atoms with E-state index in [1.165, 1.54) is 36.6 Å². The molecule has 31 heavy (non-hydrogen) atoms. The summed E-state index contributed by atoms with van der Waals surface area (Å²) in [5, 5.41) is 11.5. The molecule has 0 aliphatic carbocycles. The molecular weight excluding hydrogens is 440 g/mol. The summed E-state index contributed by atoms with van der Waals surface area (Å²) in [6.07, 6.45) is 0. The molecule has 3 rings (SSSR count). The van der Waals surface area contributed by atoms with Crippen molar-refractivity contribution in [3.05, 3.63) is 65.6 Å². The molecule has 0 saturated heterocycles. The molecule has 0 spiro atoms. The number of nitrogens with zero attached hydrogens (tertiary/aromatic N) is 2. The second-order valence-corrected chi connectivity index (χ2v) is 8.03. The van der Waals surface area contributed by atoms with Crippen LogP contribution in [0.1, 0.15) is 15.9 Å². The molecule has 0 aliphatic rings. The zero-order chi connectivity index (χ0) is 22.5. The van der Waals surface area contributed by atoms with E-state index in [0.29, 0.717) is 11.6 Å². The Balaban J connectivity index is 1.94. The number of aromatic nitrogens is 1. The first-order valence-electron chi connectivity index (χ1n) is 8.91. The number of hydrogen-bond donors (Lipinski definition) is 2. The highest BCUT2D eigenvalue weighted by Crippen LogP contribution is 2.37. The number of carbonyl (C=O) groups is 1. The number of ether oxygens (including phenoxy) is 2. The average Bonchev–Trinajstić information content (AvgIpc) is 3.23. The molecule has 1 unspecified atom stereocenters. The first-order valence-corrected chi connectivity index (χ1v) is 10.9. The fourth-order valence-corrected chi connectivity index (χ4v) is 4.30. The van der Waals surface area contributed by atoms with E-state index in [4.69, 9.17) is 9.47 Å². The Morgan fingerprint density at radius 3 is 2.45 bits per heavy atom. The molecule has 2 N–H and O–H groups in total. The summed E-state index contributed by atoms with van der Waals surface area (Å²) in [5.74, 6) is -0.762. The van der Waals surface area contributed by atoms with Gasteiger partial charge in [-0.25, -0.2) is 18.3 Å². The highest BCUT2D eigenvalue weighted by molar-refractivity contribution is 7.81. The van der Waals surface area contributed by atoms with Crippen molar-refractivity contribution in [2.45, 2.75) is 0 Å². The van der Waals surface area contributed by atoms with E-state index in [1.54, 1.807) is 12.5 Å². The summed E-state index contributed by atoms with van der Waals surface area (Å²) >= 11 is -1.16. The molecule has 0 amide bonds. The number of carboxylic acid groups (broad SMARTS) is 1. The van der Waals surface area contributed by atoms with E-state index in [0.717, 1.165) is 21.0 Å². The van der Waals surface area contributed by atoms with Gasteiger partial charge in [-0.1, -0.05) is 30.8 Å². The van der Waals surface area contributed by atoms with Crippen LogP contribution in [-0.2, 0) is 16.0 Å². The Kier molecular flexibility index (Phi) is 7.18. The van der Waals surface area contributed by atoms with Gasteiger partial charge in [-0.15, -0.1) is 11.3 Å². The lowest BCUT2D eigenvalue weighted by atomic mass is 10.1. The van der Waals surface area contributed by atoms with E-state index in [1.807, 2.05) is 24.3 Å². The van der Waals surface area contributed by atoms with Gasteiger partial charge in [-0.05, 0) is 29.3 Å². The molecule has 0 bridgehead atoms. The second kappa shape index (κ2) is 9.84. The van der Waals surface area contributed by atoms with Gasteiger partial charge in [-0.2, -0.15) is 0 Å². The lowest BCUT2D eigenvalue weighted by molar-refractivity contribution is 0.0696. The van der Waals surface area contributed by atoms with Crippen molar-refractivity contribution in [3.63, 3.8) is 0 Å².